The highest BCUT2D eigenvalue weighted by Crippen LogP contribution is 2.38. The summed E-state index contributed by atoms with van der Waals surface area (Å²) in [4.78, 5) is 41.2. The maximum Gasteiger partial charge on any atom is 0.302 e. The highest BCUT2D eigenvalue weighted by molar-refractivity contribution is 5.77. The van der Waals surface area contributed by atoms with Gasteiger partial charge < -0.3 is 19.0 Å². The van der Waals surface area contributed by atoms with Crippen molar-refractivity contribution in [1.82, 2.24) is 9.55 Å². The van der Waals surface area contributed by atoms with Gasteiger partial charge in [0.2, 0.25) is 5.89 Å². The average Bonchev–Trinajstić information content (AvgIpc) is 3.37. The first-order valence-electron chi connectivity index (χ1n) is 13.8. The van der Waals surface area contributed by atoms with Crippen molar-refractivity contribution in [3.63, 3.8) is 0 Å². The molecule has 0 saturated carbocycles. The second-order valence-electron chi connectivity index (χ2n) is 11.6. The molecular weight excluding hydrogens is 574 g/mol. The third-order valence-corrected chi connectivity index (χ3v) is 7.13. The fourth-order valence-electron chi connectivity index (χ4n) is 4.81. The molecule has 0 amide bonds. The molecule has 1 N–H and O–H groups in total. The van der Waals surface area contributed by atoms with Crippen LogP contribution in [-0.2, 0) is 30.1 Å². The van der Waals surface area contributed by atoms with Gasteiger partial charge in [-0.15, -0.1) is 0 Å². The molecule has 0 radical (unpaired) electrons. The molecule has 0 atom stereocenters. The number of carbonyl (C=O) groups excluding carboxylic acids is 2. The van der Waals surface area contributed by atoms with Crippen LogP contribution in [0.2, 0.25) is 0 Å². The van der Waals surface area contributed by atoms with Gasteiger partial charge in [0, 0.05) is 37.7 Å². The second kappa shape index (κ2) is 12.2. The zero-order valence-electron chi connectivity index (χ0n) is 25.6. The van der Waals surface area contributed by atoms with E-state index >= 15 is 4.39 Å². The van der Waals surface area contributed by atoms with E-state index in [0.717, 1.165) is 17.2 Å². The van der Waals surface area contributed by atoms with Crippen LogP contribution < -0.4 is 5.56 Å². The summed E-state index contributed by atoms with van der Waals surface area (Å²) in [6, 6.07) is 9.39. The molecule has 4 aromatic rings. The van der Waals surface area contributed by atoms with E-state index in [1.807, 2.05) is 13.8 Å². The molecule has 2 aromatic heterocycles. The molecule has 11 heteroatoms. The summed E-state index contributed by atoms with van der Waals surface area (Å²) in [5.41, 5.74) is 0.307. The molecule has 232 valence electrons. The Balaban J connectivity index is 1.96. The average molecular weight is 609 g/mol. The third kappa shape index (κ3) is 6.78. The molecule has 4 rings (SSSR count). The number of aliphatic hydroxyl groups is 1. The van der Waals surface area contributed by atoms with Crippen LogP contribution in [0.25, 0.3) is 28.3 Å². The minimum Gasteiger partial charge on any atom is -0.465 e. The predicted molar refractivity (Wildman–Crippen MR) is 158 cm³/mol. The molecule has 9 nitrogen and oxygen atoms in total. The summed E-state index contributed by atoms with van der Waals surface area (Å²) in [5, 5.41) is 10.5. The Bertz CT molecular complexity index is 1760. The van der Waals surface area contributed by atoms with E-state index in [2.05, 4.69) is 4.98 Å². The molecule has 0 aliphatic heterocycles. The highest BCUT2D eigenvalue weighted by atomic mass is 19.1. The summed E-state index contributed by atoms with van der Waals surface area (Å²) in [6.45, 7) is 10.4. The lowest BCUT2D eigenvalue weighted by atomic mass is 9.92. The van der Waals surface area contributed by atoms with Crippen LogP contribution in [0, 0.1) is 25.5 Å². The first-order chi connectivity index (χ1) is 20.5. The van der Waals surface area contributed by atoms with Crippen molar-refractivity contribution in [2.75, 3.05) is 13.2 Å². The summed E-state index contributed by atoms with van der Waals surface area (Å²) in [6.07, 6.45) is 1.53. The van der Waals surface area contributed by atoms with Crippen molar-refractivity contribution in [2.45, 2.75) is 59.5 Å². The maximum absolute atomic E-state index is 15.2. The Morgan fingerprint density at radius 3 is 2.07 bits per heavy atom. The molecule has 0 bridgehead atoms. The number of hydrogen-bond acceptors (Lipinski definition) is 8. The number of esters is 2. The normalized spacial score (nSPS) is 11.9. The Hall–Kier alpha value is -4.64. The number of halogens is 2. The van der Waals surface area contributed by atoms with Crippen molar-refractivity contribution in [3.05, 3.63) is 93.2 Å². The minimum atomic E-state index is -1.30. The lowest BCUT2D eigenvalue weighted by Gasteiger charge is -2.24. The maximum atomic E-state index is 15.2. The number of ether oxygens (including phenoxy) is 2. The third-order valence-electron chi connectivity index (χ3n) is 7.13. The second-order valence-corrected chi connectivity index (χ2v) is 11.6. The SMILES string of the molecule is CC(=O)OCC(C)(COC(C)=O)c1nc(-c2ccc(=O)n(-c3c(C)cc(C(C)(C)O)cc3C)c2)c(-c2ccc(F)cc2F)o1. The number of hydrogen-bond donors (Lipinski definition) is 1. The van der Waals surface area contributed by atoms with Crippen LogP contribution in [0.15, 0.2) is 57.9 Å². The van der Waals surface area contributed by atoms with Gasteiger partial charge in [0.05, 0.1) is 16.9 Å². The molecule has 0 aliphatic rings. The van der Waals surface area contributed by atoms with Crippen molar-refractivity contribution in [2.24, 2.45) is 0 Å². The van der Waals surface area contributed by atoms with E-state index < -0.39 is 34.6 Å². The van der Waals surface area contributed by atoms with Crippen LogP contribution in [0.5, 0.6) is 0 Å². The molecule has 0 aliphatic carbocycles. The predicted octanol–water partition coefficient (Wildman–Crippen LogP) is 5.67. The molecule has 44 heavy (non-hydrogen) atoms. The van der Waals surface area contributed by atoms with E-state index in [4.69, 9.17) is 13.9 Å². The number of carbonyl (C=O) groups is 2. The van der Waals surface area contributed by atoms with Gasteiger partial charge in [0.15, 0.2) is 5.76 Å². The molecule has 0 spiro atoms. The zero-order chi connectivity index (χ0) is 32.6. The molecule has 0 saturated heterocycles. The van der Waals surface area contributed by atoms with E-state index in [-0.39, 0.29) is 41.7 Å². The summed E-state index contributed by atoms with van der Waals surface area (Å²) >= 11 is 0. The van der Waals surface area contributed by atoms with Gasteiger partial charge in [-0.05, 0) is 69.5 Å². The summed E-state index contributed by atoms with van der Waals surface area (Å²) in [7, 11) is 0. The molecule has 2 aromatic carbocycles. The van der Waals surface area contributed by atoms with Gasteiger partial charge in [0.1, 0.15) is 36.0 Å². The number of nitrogens with zero attached hydrogens (tertiary/aromatic N) is 2. The number of aryl methyl sites for hydroxylation is 2. The smallest absolute Gasteiger partial charge is 0.302 e. The molecule has 0 unspecified atom stereocenters. The van der Waals surface area contributed by atoms with Crippen LogP contribution in [0.4, 0.5) is 8.78 Å². The fraction of sp³-hybridized carbons (Fsp3) is 0.333. The number of aromatic nitrogens is 2. The first-order valence-corrected chi connectivity index (χ1v) is 13.8. The van der Waals surface area contributed by atoms with Crippen LogP contribution in [-0.4, -0.2) is 39.8 Å². The number of rotatable bonds is 9. The van der Waals surface area contributed by atoms with E-state index in [9.17, 15) is 23.9 Å². The van der Waals surface area contributed by atoms with E-state index in [1.165, 1.54) is 42.8 Å². The lowest BCUT2D eigenvalue weighted by molar-refractivity contribution is -0.147. The number of oxazole rings is 1. The van der Waals surface area contributed by atoms with E-state index in [1.54, 1.807) is 32.9 Å². The molecule has 0 fully saturated rings. The van der Waals surface area contributed by atoms with Crippen LogP contribution in [0.1, 0.15) is 57.2 Å². The Morgan fingerprint density at radius 1 is 0.955 bits per heavy atom. The van der Waals surface area contributed by atoms with Gasteiger partial charge in [-0.2, -0.15) is 0 Å². The van der Waals surface area contributed by atoms with Gasteiger partial charge in [0.25, 0.3) is 5.56 Å². The topological polar surface area (TPSA) is 121 Å². The van der Waals surface area contributed by atoms with E-state index in [0.29, 0.717) is 22.9 Å². The number of benzene rings is 2. The van der Waals surface area contributed by atoms with Crippen molar-refractivity contribution in [3.8, 4) is 28.3 Å². The monoisotopic (exact) mass is 608 g/mol. The lowest BCUT2D eigenvalue weighted by Crippen LogP contribution is -2.35. The van der Waals surface area contributed by atoms with Crippen molar-refractivity contribution >= 4 is 11.9 Å². The van der Waals surface area contributed by atoms with Crippen LogP contribution >= 0.6 is 0 Å². The Morgan fingerprint density at radius 2 is 1.55 bits per heavy atom. The van der Waals surface area contributed by atoms with Gasteiger partial charge in [-0.3, -0.25) is 19.0 Å². The van der Waals surface area contributed by atoms with Gasteiger partial charge in [-0.1, -0.05) is 12.1 Å². The number of pyridine rings is 1. The zero-order valence-corrected chi connectivity index (χ0v) is 25.6. The molecular formula is C33H34F2N2O7. The van der Waals surface area contributed by atoms with Gasteiger partial charge >= 0.3 is 11.9 Å². The minimum absolute atomic E-state index is 0.0478. The summed E-state index contributed by atoms with van der Waals surface area (Å²) < 4.78 is 47.0. The first kappa shape index (κ1) is 32.3. The van der Waals surface area contributed by atoms with Crippen molar-refractivity contribution in [1.29, 1.82) is 0 Å². The van der Waals surface area contributed by atoms with Crippen molar-refractivity contribution < 1.29 is 37.4 Å². The standard InChI is InChI=1S/C33H34F2N2O7/c1-18-12-23(32(5,6)41)13-19(2)29(18)37-15-22(8-11-27(37)40)28-30(25-10-9-24(34)14-26(25)35)44-31(36-28)33(7,16-42-20(3)38)17-43-21(4)39/h8-15,41H,16-17H2,1-7H3. The van der Waals surface area contributed by atoms with Gasteiger partial charge in [-0.25, -0.2) is 13.8 Å². The fourth-order valence-corrected chi connectivity index (χ4v) is 4.81. The Labute approximate surface area is 253 Å². The van der Waals surface area contributed by atoms with Crippen LogP contribution in [0.3, 0.4) is 0 Å². The molecule has 2 heterocycles. The Kier molecular flexibility index (Phi) is 8.92. The summed E-state index contributed by atoms with van der Waals surface area (Å²) in [5.74, 6) is -3.03. The highest BCUT2D eigenvalue weighted by Gasteiger charge is 2.37. The largest absolute Gasteiger partial charge is 0.465 e. The quantitative estimate of drug-likeness (QED) is 0.242.